The number of nitrogens with one attached hydrogen (secondary N) is 3. The first-order chi connectivity index (χ1) is 16.5. The van der Waals surface area contributed by atoms with Gasteiger partial charge in [-0.25, -0.2) is 15.0 Å². The van der Waals surface area contributed by atoms with Crippen LogP contribution in [-0.2, 0) is 0 Å². The molecule has 166 valence electrons. The summed E-state index contributed by atoms with van der Waals surface area (Å²) >= 11 is 0. The van der Waals surface area contributed by atoms with E-state index < -0.39 is 10.8 Å². The molecule has 10 nitrogen and oxygen atoms in total. The van der Waals surface area contributed by atoms with Crippen molar-refractivity contribution in [3.63, 3.8) is 0 Å². The van der Waals surface area contributed by atoms with Crippen molar-refractivity contribution in [2.24, 2.45) is 0 Å². The fraction of sp³-hybridized carbons (Fsp3) is 0. The van der Waals surface area contributed by atoms with Crippen molar-refractivity contribution in [2.45, 2.75) is 0 Å². The van der Waals surface area contributed by atoms with Gasteiger partial charge >= 0.3 is 0 Å². The Morgan fingerprint density at radius 2 is 1.79 bits per heavy atom. The van der Waals surface area contributed by atoms with Crippen LogP contribution in [0.25, 0.3) is 22.3 Å². The zero-order valence-corrected chi connectivity index (χ0v) is 17.6. The lowest BCUT2D eigenvalue weighted by Gasteiger charge is -2.10. The molecule has 1 amide bonds. The van der Waals surface area contributed by atoms with Gasteiger partial charge in [-0.15, -0.1) is 0 Å². The molecule has 10 heteroatoms. The third-order valence-electron chi connectivity index (χ3n) is 5.07. The van der Waals surface area contributed by atoms with Gasteiger partial charge in [0.25, 0.3) is 11.6 Å². The number of fused-ring (bicyclic) bond motifs is 1. The number of aromatic nitrogens is 4. The Morgan fingerprint density at radius 3 is 2.68 bits per heavy atom. The van der Waals surface area contributed by atoms with Crippen LogP contribution >= 0.6 is 0 Å². The molecule has 0 aliphatic heterocycles. The number of nitro groups is 1. The predicted molar refractivity (Wildman–Crippen MR) is 128 cm³/mol. The first-order valence-corrected chi connectivity index (χ1v) is 10.2. The molecule has 0 spiro atoms. The number of non-ortho nitro benzene ring substituents is 1. The molecule has 0 saturated heterocycles. The smallest absolute Gasteiger partial charge is 0.270 e. The van der Waals surface area contributed by atoms with Gasteiger partial charge in [0.1, 0.15) is 17.8 Å². The minimum Gasteiger partial charge on any atom is -0.346 e. The number of carbonyl (C=O) groups excluding carboxylic acids is 1. The van der Waals surface area contributed by atoms with Crippen LogP contribution in [0.2, 0.25) is 0 Å². The fourth-order valence-corrected chi connectivity index (χ4v) is 3.45. The Kier molecular flexibility index (Phi) is 5.37. The molecular weight excluding hydrogens is 434 g/mol. The summed E-state index contributed by atoms with van der Waals surface area (Å²) in [5, 5.41) is 17.9. The van der Waals surface area contributed by atoms with E-state index in [1.165, 1.54) is 30.6 Å². The van der Waals surface area contributed by atoms with Crippen LogP contribution in [0, 0.1) is 10.1 Å². The molecular formula is C24H17N7O3. The number of pyridine rings is 1. The van der Waals surface area contributed by atoms with Crippen molar-refractivity contribution in [1.29, 1.82) is 0 Å². The van der Waals surface area contributed by atoms with E-state index in [0.717, 1.165) is 16.6 Å². The summed E-state index contributed by atoms with van der Waals surface area (Å²) in [6, 6.07) is 18.4. The van der Waals surface area contributed by atoms with Gasteiger partial charge in [0.15, 0.2) is 0 Å². The maximum atomic E-state index is 12.6. The van der Waals surface area contributed by atoms with Crippen molar-refractivity contribution < 1.29 is 9.72 Å². The number of H-pyrrole nitrogens is 1. The molecule has 0 aliphatic rings. The average Bonchev–Trinajstić information content (AvgIpc) is 3.32. The van der Waals surface area contributed by atoms with E-state index in [1.807, 2.05) is 30.5 Å². The topological polar surface area (TPSA) is 139 Å². The number of hydrogen-bond acceptors (Lipinski definition) is 7. The first-order valence-electron chi connectivity index (χ1n) is 10.2. The fourth-order valence-electron chi connectivity index (χ4n) is 3.45. The van der Waals surface area contributed by atoms with Crippen LogP contribution in [0.15, 0.2) is 85.5 Å². The monoisotopic (exact) mass is 451 g/mol. The molecule has 0 bridgehead atoms. The van der Waals surface area contributed by atoms with Gasteiger partial charge in [-0.3, -0.25) is 14.9 Å². The zero-order valence-electron chi connectivity index (χ0n) is 17.6. The minimum absolute atomic E-state index is 0.145. The van der Waals surface area contributed by atoms with Gasteiger partial charge < -0.3 is 15.6 Å². The highest BCUT2D eigenvalue weighted by atomic mass is 16.6. The summed E-state index contributed by atoms with van der Waals surface area (Å²) in [4.78, 5) is 39.1. The molecule has 0 aliphatic carbocycles. The summed E-state index contributed by atoms with van der Waals surface area (Å²) in [5.41, 5.74) is 3.65. The van der Waals surface area contributed by atoms with Gasteiger partial charge in [-0.2, -0.15) is 0 Å². The Hall–Kier alpha value is -5.12. The molecule has 5 aromatic rings. The van der Waals surface area contributed by atoms with Crippen molar-refractivity contribution in [3.8, 4) is 11.3 Å². The van der Waals surface area contributed by atoms with E-state index in [1.54, 1.807) is 24.4 Å². The molecule has 0 fully saturated rings. The van der Waals surface area contributed by atoms with Crippen molar-refractivity contribution in [3.05, 3.63) is 101 Å². The number of aromatic amines is 1. The van der Waals surface area contributed by atoms with Crippen LogP contribution < -0.4 is 10.6 Å². The van der Waals surface area contributed by atoms with Gasteiger partial charge in [0, 0.05) is 58.5 Å². The third kappa shape index (κ3) is 4.41. The standard InChI is InChI=1S/C24H17N7O3/c32-24(16-3-1-6-20(10-16)31(33)34)30-19-5-2-4-18(11-19)29-22-12-21(27-14-28-22)17-9-15-7-8-25-23(15)26-13-17/h1-14H,(H,25,26)(H,30,32)(H,27,28,29). The van der Waals surface area contributed by atoms with Crippen LogP contribution in [0.3, 0.4) is 0 Å². The summed E-state index contributed by atoms with van der Waals surface area (Å²) in [6.45, 7) is 0. The molecule has 0 saturated carbocycles. The Bertz CT molecular complexity index is 1530. The SMILES string of the molecule is O=C(Nc1cccc(Nc2cc(-c3cnc4[nH]ccc4c3)ncn2)c1)c1cccc([N+](=O)[O-])c1. The number of anilines is 3. The maximum Gasteiger partial charge on any atom is 0.270 e. The Labute approximate surface area is 192 Å². The van der Waals surface area contributed by atoms with Crippen molar-refractivity contribution in [1.82, 2.24) is 19.9 Å². The largest absolute Gasteiger partial charge is 0.346 e. The number of carbonyl (C=O) groups is 1. The molecule has 3 heterocycles. The first kappa shape index (κ1) is 20.8. The molecule has 34 heavy (non-hydrogen) atoms. The number of amides is 1. The Morgan fingerprint density at radius 1 is 0.941 bits per heavy atom. The van der Waals surface area contributed by atoms with Crippen LogP contribution in [0.5, 0.6) is 0 Å². The predicted octanol–water partition coefficient (Wildman–Crippen LogP) is 4.92. The second-order valence-corrected chi connectivity index (χ2v) is 7.40. The van der Waals surface area contributed by atoms with Crippen LogP contribution in [-0.4, -0.2) is 30.8 Å². The van der Waals surface area contributed by atoms with Gasteiger partial charge in [-0.1, -0.05) is 12.1 Å². The number of rotatable bonds is 6. The third-order valence-corrected chi connectivity index (χ3v) is 5.07. The summed E-state index contributed by atoms with van der Waals surface area (Å²) in [5.74, 6) is 0.124. The van der Waals surface area contributed by atoms with Crippen LogP contribution in [0.4, 0.5) is 22.9 Å². The van der Waals surface area contributed by atoms with E-state index in [4.69, 9.17) is 0 Å². The number of nitro benzene ring substituents is 1. The molecule has 3 N–H and O–H groups in total. The molecule has 0 atom stereocenters. The summed E-state index contributed by atoms with van der Waals surface area (Å²) < 4.78 is 0. The van der Waals surface area contributed by atoms with Gasteiger partial charge in [0.05, 0.1) is 10.6 Å². The molecule has 3 aromatic heterocycles. The van der Waals surface area contributed by atoms with Gasteiger partial charge in [-0.05, 0) is 36.4 Å². The average molecular weight is 451 g/mol. The highest BCUT2D eigenvalue weighted by Crippen LogP contribution is 2.24. The van der Waals surface area contributed by atoms with Crippen LogP contribution in [0.1, 0.15) is 10.4 Å². The van der Waals surface area contributed by atoms with E-state index in [2.05, 4.69) is 30.6 Å². The molecule has 2 aromatic carbocycles. The number of nitrogens with zero attached hydrogens (tertiary/aromatic N) is 4. The number of benzene rings is 2. The highest BCUT2D eigenvalue weighted by molar-refractivity contribution is 6.04. The van der Waals surface area contributed by atoms with E-state index in [9.17, 15) is 14.9 Å². The van der Waals surface area contributed by atoms with Crippen molar-refractivity contribution in [2.75, 3.05) is 10.6 Å². The number of hydrogen-bond donors (Lipinski definition) is 3. The normalized spacial score (nSPS) is 10.7. The van der Waals surface area contributed by atoms with Gasteiger partial charge in [0.2, 0.25) is 0 Å². The van der Waals surface area contributed by atoms with E-state index >= 15 is 0 Å². The lowest BCUT2D eigenvalue weighted by atomic mass is 10.1. The highest BCUT2D eigenvalue weighted by Gasteiger charge is 2.12. The molecule has 5 rings (SSSR count). The summed E-state index contributed by atoms with van der Waals surface area (Å²) in [7, 11) is 0. The Balaban J connectivity index is 1.33. The quantitative estimate of drug-likeness (QED) is 0.246. The second kappa shape index (κ2) is 8.79. The lowest BCUT2D eigenvalue weighted by molar-refractivity contribution is -0.384. The summed E-state index contributed by atoms with van der Waals surface area (Å²) in [6.07, 6.45) is 5.04. The minimum atomic E-state index is -0.538. The van der Waals surface area contributed by atoms with E-state index in [-0.39, 0.29) is 11.3 Å². The second-order valence-electron chi connectivity index (χ2n) is 7.40. The van der Waals surface area contributed by atoms with Crippen molar-refractivity contribution >= 4 is 39.8 Å². The lowest BCUT2D eigenvalue weighted by Crippen LogP contribution is -2.12. The van der Waals surface area contributed by atoms with E-state index in [0.29, 0.717) is 22.9 Å². The molecule has 0 unspecified atom stereocenters. The molecule has 0 radical (unpaired) electrons. The maximum absolute atomic E-state index is 12.6. The zero-order chi connectivity index (χ0) is 23.5.